The molecule has 0 aromatic carbocycles. The van der Waals surface area contributed by atoms with Crippen LogP contribution in [0.5, 0.6) is 0 Å². The Morgan fingerprint density at radius 3 is 2.10 bits per heavy atom. The summed E-state index contributed by atoms with van der Waals surface area (Å²) in [6.45, 7) is 11.4. The summed E-state index contributed by atoms with van der Waals surface area (Å²) in [5.41, 5.74) is 0. The number of unbranched alkanes of at least 4 members (excludes halogenated alkanes) is 2. The summed E-state index contributed by atoms with van der Waals surface area (Å²) in [6, 6.07) is 0. The lowest BCUT2D eigenvalue weighted by atomic mass is 10.0. The molecule has 2 heteroatoms. The van der Waals surface area contributed by atoms with E-state index in [0.29, 0.717) is 0 Å². The minimum atomic E-state index is -0.416. The molecule has 0 amide bonds. The van der Waals surface area contributed by atoms with Gasteiger partial charge in [-0.15, -0.1) is 18.4 Å². The van der Waals surface area contributed by atoms with Crippen LogP contribution in [-0.4, -0.2) is 22.4 Å². The Kier molecular flexibility index (Phi) is 29.1. The molecule has 2 N–H and O–H groups in total. The van der Waals surface area contributed by atoms with Crippen LogP contribution in [0.3, 0.4) is 0 Å². The molecular weight excluding hydrogens is 260 g/mol. The summed E-state index contributed by atoms with van der Waals surface area (Å²) in [6.07, 6.45) is 7.41. The first-order chi connectivity index (χ1) is 9.03. The number of hydrogen-bond donors (Lipinski definition) is 2. The van der Waals surface area contributed by atoms with E-state index in [1.807, 2.05) is 13.8 Å². The van der Waals surface area contributed by atoms with E-state index in [1.54, 1.807) is 13.0 Å². The van der Waals surface area contributed by atoms with Gasteiger partial charge in [0.1, 0.15) is 0 Å². The molecule has 2 nitrogen and oxygen atoms in total. The van der Waals surface area contributed by atoms with Gasteiger partial charge in [-0.1, -0.05) is 61.0 Å². The van der Waals surface area contributed by atoms with Gasteiger partial charge in [0.25, 0.3) is 0 Å². The first kappa shape index (κ1) is 28.4. The zero-order valence-corrected chi connectivity index (χ0v) is 13.2. The highest BCUT2D eigenvalue weighted by Gasteiger charge is 2.07. The third-order valence-corrected chi connectivity index (χ3v) is 3.04. The first-order valence-corrected chi connectivity index (χ1v) is 7.41. The van der Waals surface area contributed by atoms with Crippen LogP contribution in [0.15, 0.2) is 12.7 Å². The Labute approximate surface area is 134 Å². The van der Waals surface area contributed by atoms with Gasteiger partial charge in [0.2, 0.25) is 0 Å². The van der Waals surface area contributed by atoms with Crippen molar-refractivity contribution < 1.29 is 10.2 Å². The summed E-state index contributed by atoms with van der Waals surface area (Å²) in [7, 11) is 0. The molecule has 3 atom stereocenters. The maximum Gasteiger partial charge on any atom is 0.0752 e. The van der Waals surface area contributed by atoms with E-state index in [4.69, 9.17) is 10.2 Å². The second kappa shape index (κ2) is 21.5. The largest absolute Gasteiger partial charge is 0.393 e. The van der Waals surface area contributed by atoms with Crippen molar-refractivity contribution in [3.8, 4) is 11.8 Å². The smallest absolute Gasteiger partial charge is 0.0752 e. The molecule has 0 bridgehead atoms. The van der Waals surface area contributed by atoms with Crippen LogP contribution in [-0.2, 0) is 0 Å². The van der Waals surface area contributed by atoms with E-state index in [2.05, 4.69) is 25.3 Å². The highest BCUT2D eigenvalue weighted by Crippen LogP contribution is 2.07. The van der Waals surface area contributed by atoms with Crippen molar-refractivity contribution in [1.82, 2.24) is 0 Å². The molecule has 21 heavy (non-hydrogen) atoms. The van der Waals surface area contributed by atoms with Crippen LogP contribution < -0.4 is 0 Å². The highest BCUT2D eigenvalue weighted by molar-refractivity contribution is 4.98. The molecule has 0 saturated heterocycles. The molecule has 0 radical (unpaired) electrons. The summed E-state index contributed by atoms with van der Waals surface area (Å²) < 4.78 is 0. The average Bonchev–Trinajstić information content (AvgIpc) is 2.44. The molecule has 0 spiro atoms. The van der Waals surface area contributed by atoms with Gasteiger partial charge < -0.3 is 10.2 Å². The Bertz CT molecular complexity index is 250. The minimum absolute atomic E-state index is 0. The molecule has 0 aromatic rings. The van der Waals surface area contributed by atoms with E-state index < -0.39 is 6.10 Å². The molecule has 0 fully saturated rings. The van der Waals surface area contributed by atoms with Crippen molar-refractivity contribution in [1.29, 1.82) is 0 Å². The standard InChI is InChI=1S/C9H14O.C8H18O.2CH4/c1-4-6-7-8(3)9(10)5-2;1-3-5-6-7-8(9)4-2;;/h5,8-10H,2,7H2,1,3H3;8-9H,3-7H2,1-2H3;2*1H4/t8-,9+;8-;;/m01../s1. The normalized spacial score (nSPS) is 12.9. The van der Waals surface area contributed by atoms with E-state index in [-0.39, 0.29) is 26.9 Å². The zero-order chi connectivity index (χ0) is 15.1. The minimum Gasteiger partial charge on any atom is -0.393 e. The first-order valence-electron chi connectivity index (χ1n) is 7.41. The molecule has 0 aliphatic heterocycles. The van der Waals surface area contributed by atoms with Crippen LogP contribution in [0.2, 0.25) is 0 Å². The molecular formula is C19H40O2. The fourth-order valence-electron chi connectivity index (χ4n) is 1.45. The van der Waals surface area contributed by atoms with Crippen LogP contribution in [0.4, 0.5) is 0 Å². The lowest BCUT2D eigenvalue weighted by molar-refractivity contribution is 0.156. The van der Waals surface area contributed by atoms with Gasteiger partial charge in [0.15, 0.2) is 0 Å². The summed E-state index contributed by atoms with van der Waals surface area (Å²) in [4.78, 5) is 0. The van der Waals surface area contributed by atoms with Gasteiger partial charge in [-0.2, -0.15) is 0 Å². The molecule has 0 unspecified atom stereocenters. The van der Waals surface area contributed by atoms with Crippen LogP contribution in [0.1, 0.15) is 81.1 Å². The van der Waals surface area contributed by atoms with Gasteiger partial charge in [0, 0.05) is 6.42 Å². The second-order valence-electron chi connectivity index (χ2n) is 4.89. The molecule has 0 heterocycles. The lowest BCUT2D eigenvalue weighted by Crippen LogP contribution is -2.13. The van der Waals surface area contributed by atoms with Crippen molar-refractivity contribution in [2.75, 3.05) is 0 Å². The van der Waals surface area contributed by atoms with E-state index >= 15 is 0 Å². The van der Waals surface area contributed by atoms with Crippen LogP contribution in [0.25, 0.3) is 0 Å². The SMILES string of the molecule is C.C.C=C[C@@H](O)[C@@H](C)CC#CC.CCCCC[C@H](O)CC. The molecule has 0 rings (SSSR count). The molecule has 0 aromatic heterocycles. The van der Waals surface area contributed by atoms with E-state index in [0.717, 1.165) is 19.3 Å². The number of aliphatic hydroxyl groups is 2. The van der Waals surface area contributed by atoms with Gasteiger partial charge >= 0.3 is 0 Å². The molecule has 0 saturated carbocycles. The fourth-order valence-corrected chi connectivity index (χ4v) is 1.45. The molecule has 0 aliphatic carbocycles. The lowest BCUT2D eigenvalue weighted by Gasteiger charge is -2.10. The van der Waals surface area contributed by atoms with Crippen LogP contribution >= 0.6 is 0 Å². The van der Waals surface area contributed by atoms with Crippen molar-refractivity contribution in [3.63, 3.8) is 0 Å². The van der Waals surface area contributed by atoms with Gasteiger partial charge in [0.05, 0.1) is 12.2 Å². The van der Waals surface area contributed by atoms with Gasteiger partial charge in [-0.3, -0.25) is 0 Å². The predicted octanol–water partition coefficient (Wildman–Crippen LogP) is 5.19. The van der Waals surface area contributed by atoms with Crippen molar-refractivity contribution >= 4 is 0 Å². The van der Waals surface area contributed by atoms with Crippen molar-refractivity contribution in [2.24, 2.45) is 5.92 Å². The van der Waals surface area contributed by atoms with Crippen molar-refractivity contribution in [2.45, 2.75) is 93.3 Å². The maximum absolute atomic E-state index is 9.17. The Hall–Kier alpha value is -0.780. The summed E-state index contributed by atoms with van der Waals surface area (Å²) in [5, 5.41) is 18.3. The van der Waals surface area contributed by atoms with Gasteiger partial charge in [-0.05, 0) is 25.7 Å². The summed E-state index contributed by atoms with van der Waals surface area (Å²) in [5.74, 6) is 5.89. The second-order valence-corrected chi connectivity index (χ2v) is 4.89. The Balaban J connectivity index is -0.000000126. The van der Waals surface area contributed by atoms with E-state index in [9.17, 15) is 0 Å². The Morgan fingerprint density at radius 2 is 1.71 bits per heavy atom. The third-order valence-electron chi connectivity index (χ3n) is 3.04. The van der Waals surface area contributed by atoms with E-state index in [1.165, 1.54) is 19.3 Å². The monoisotopic (exact) mass is 300 g/mol. The maximum atomic E-state index is 9.17. The Morgan fingerprint density at radius 1 is 1.14 bits per heavy atom. The van der Waals surface area contributed by atoms with Crippen molar-refractivity contribution in [3.05, 3.63) is 12.7 Å². The topological polar surface area (TPSA) is 40.5 Å². The number of rotatable bonds is 8. The third kappa shape index (κ3) is 21.7. The fraction of sp³-hybridized carbons (Fsp3) is 0.789. The van der Waals surface area contributed by atoms with Gasteiger partial charge in [-0.25, -0.2) is 0 Å². The average molecular weight is 301 g/mol. The quantitative estimate of drug-likeness (QED) is 0.368. The zero-order valence-electron chi connectivity index (χ0n) is 13.2. The molecule has 0 aliphatic rings. The summed E-state index contributed by atoms with van der Waals surface area (Å²) >= 11 is 0. The number of aliphatic hydroxyl groups excluding tert-OH is 2. The highest BCUT2D eigenvalue weighted by atomic mass is 16.3. The molecule has 128 valence electrons. The number of hydrogen-bond acceptors (Lipinski definition) is 2. The van der Waals surface area contributed by atoms with Crippen LogP contribution in [0, 0.1) is 17.8 Å². The predicted molar refractivity (Wildman–Crippen MR) is 97.3 cm³/mol.